The third-order valence-corrected chi connectivity index (χ3v) is 5.24. The molecule has 3 rings (SSSR count). The second-order valence-corrected chi connectivity index (χ2v) is 8.01. The second-order valence-electron chi connectivity index (χ2n) is 6.02. The summed E-state index contributed by atoms with van der Waals surface area (Å²) in [5.74, 6) is -0.372. The highest BCUT2D eigenvalue weighted by molar-refractivity contribution is 7.90. The van der Waals surface area contributed by atoms with E-state index in [4.69, 9.17) is 4.52 Å². The van der Waals surface area contributed by atoms with E-state index in [2.05, 4.69) is 11.2 Å². The van der Waals surface area contributed by atoms with E-state index in [-0.39, 0.29) is 4.90 Å². The number of aromatic nitrogens is 1. The maximum Gasteiger partial charge on any atom is 0.178 e. The Bertz CT molecular complexity index is 1160. The zero-order chi connectivity index (χ0) is 19.1. The molecular formula is C19H15FN2O3S. The lowest BCUT2D eigenvalue weighted by Crippen LogP contribution is -2.00. The molecule has 0 saturated heterocycles. The Labute approximate surface area is 150 Å². The van der Waals surface area contributed by atoms with E-state index < -0.39 is 15.7 Å². The number of aryl methyl sites for hydroxylation is 2. The Morgan fingerprint density at radius 1 is 1.12 bits per heavy atom. The van der Waals surface area contributed by atoms with Crippen LogP contribution in [0.1, 0.15) is 16.9 Å². The highest BCUT2D eigenvalue weighted by Crippen LogP contribution is 2.36. The predicted molar refractivity (Wildman–Crippen MR) is 94.6 cm³/mol. The summed E-state index contributed by atoms with van der Waals surface area (Å²) in [6.45, 7) is 3.52. The molecule has 26 heavy (non-hydrogen) atoms. The van der Waals surface area contributed by atoms with Crippen molar-refractivity contribution in [2.75, 3.05) is 6.26 Å². The Kier molecular flexibility index (Phi) is 4.38. The number of halogens is 1. The third kappa shape index (κ3) is 3.11. The molecule has 0 amide bonds. The molecule has 0 unspecified atom stereocenters. The van der Waals surface area contributed by atoms with Crippen LogP contribution in [0.15, 0.2) is 45.8 Å². The zero-order valence-corrected chi connectivity index (χ0v) is 15.2. The van der Waals surface area contributed by atoms with E-state index >= 15 is 0 Å². The molecule has 0 saturated carbocycles. The molecule has 0 aliphatic rings. The van der Waals surface area contributed by atoms with Gasteiger partial charge in [-0.3, -0.25) is 0 Å². The van der Waals surface area contributed by atoms with Crippen LogP contribution >= 0.6 is 0 Å². The van der Waals surface area contributed by atoms with Crippen LogP contribution in [0.5, 0.6) is 0 Å². The van der Waals surface area contributed by atoms with Crippen LogP contribution in [0.4, 0.5) is 4.39 Å². The number of nitrogens with zero attached hydrogens (tertiary/aromatic N) is 2. The molecule has 0 N–H and O–H groups in total. The van der Waals surface area contributed by atoms with Crippen molar-refractivity contribution in [1.29, 1.82) is 5.26 Å². The fourth-order valence-electron chi connectivity index (χ4n) is 2.76. The summed E-state index contributed by atoms with van der Waals surface area (Å²) in [7, 11) is -3.66. The molecule has 7 heteroatoms. The van der Waals surface area contributed by atoms with Gasteiger partial charge in [-0.1, -0.05) is 23.4 Å². The molecule has 3 aromatic rings. The number of sulfone groups is 1. The van der Waals surface area contributed by atoms with Crippen molar-refractivity contribution in [3.05, 3.63) is 59.1 Å². The molecule has 0 aliphatic heterocycles. The first-order chi connectivity index (χ1) is 12.2. The van der Waals surface area contributed by atoms with Crippen molar-refractivity contribution in [3.8, 4) is 28.5 Å². The van der Waals surface area contributed by atoms with Gasteiger partial charge >= 0.3 is 0 Å². The Morgan fingerprint density at radius 3 is 2.42 bits per heavy atom. The third-order valence-electron chi connectivity index (χ3n) is 4.11. The Balaban J connectivity index is 2.19. The summed E-state index contributed by atoms with van der Waals surface area (Å²) < 4.78 is 42.8. The number of hydrogen-bond donors (Lipinski definition) is 0. The van der Waals surface area contributed by atoms with Gasteiger partial charge in [0.2, 0.25) is 0 Å². The average molecular weight is 370 g/mol. The van der Waals surface area contributed by atoms with Crippen LogP contribution in [-0.4, -0.2) is 19.8 Å². The van der Waals surface area contributed by atoms with Gasteiger partial charge in [-0.05, 0) is 43.2 Å². The van der Waals surface area contributed by atoms with Crippen molar-refractivity contribution in [1.82, 2.24) is 5.16 Å². The van der Waals surface area contributed by atoms with Crippen LogP contribution in [0.25, 0.3) is 22.4 Å². The maximum absolute atomic E-state index is 14.3. The predicted octanol–water partition coefficient (Wildman–Crippen LogP) is 4.04. The monoisotopic (exact) mass is 370 g/mol. The lowest BCUT2D eigenvalue weighted by Gasteiger charge is -2.07. The molecule has 2 aromatic carbocycles. The normalized spacial score (nSPS) is 11.3. The van der Waals surface area contributed by atoms with E-state index in [9.17, 15) is 18.1 Å². The SMILES string of the molecule is Cc1ccc(-c2noc(C)c2-c2ccc(S(C)(=O)=O)c(F)c2)cc1C#N. The summed E-state index contributed by atoms with van der Waals surface area (Å²) in [6.07, 6.45) is 0.955. The van der Waals surface area contributed by atoms with Gasteiger partial charge in [-0.15, -0.1) is 0 Å². The summed E-state index contributed by atoms with van der Waals surface area (Å²) in [4.78, 5) is -0.362. The lowest BCUT2D eigenvalue weighted by atomic mass is 9.97. The molecule has 0 aliphatic carbocycles. The first-order valence-corrected chi connectivity index (χ1v) is 9.59. The molecular weight excluding hydrogens is 355 g/mol. The minimum absolute atomic E-state index is 0.362. The van der Waals surface area contributed by atoms with Crippen molar-refractivity contribution < 1.29 is 17.3 Å². The molecule has 1 aromatic heterocycles. The molecule has 132 valence electrons. The molecule has 0 fully saturated rings. The van der Waals surface area contributed by atoms with Crippen LogP contribution in [0, 0.1) is 31.0 Å². The van der Waals surface area contributed by atoms with Gasteiger partial charge in [-0.25, -0.2) is 12.8 Å². The lowest BCUT2D eigenvalue weighted by molar-refractivity contribution is 0.400. The molecule has 0 radical (unpaired) electrons. The fourth-order valence-corrected chi connectivity index (χ4v) is 3.48. The van der Waals surface area contributed by atoms with Gasteiger partial charge in [0.05, 0.1) is 17.2 Å². The second kappa shape index (κ2) is 6.39. The highest BCUT2D eigenvalue weighted by Gasteiger charge is 2.20. The largest absolute Gasteiger partial charge is 0.360 e. The summed E-state index contributed by atoms with van der Waals surface area (Å²) in [5.41, 5.74) is 3.46. The first kappa shape index (κ1) is 17.8. The topological polar surface area (TPSA) is 84.0 Å². The molecule has 0 atom stereocenters. The van der Waals surface area contributed by atoms with Crippen LogP contribution in [0.2, 0.25) is 0 Å². The van der Waals surface area contributed by atoms with Crippen molar-refractivity contribution in [2.45, 2.75) is 18.7 Å². The van der Waals surface area contributed by atoms with E-state index in [0.717, 1.165) is 17.9 Å². The summed E-state index contributed by atoms with van der Waals surface area (Å²) in [6, 6.07) is 11.3. The molecule has 0 spiro atoms. The minimum Gasteiger partial charge on any atom is -0.360 e. The van der Waals surface area contributed by atoms with Gasteiger partial charge in [0.1, 0.15) is 22.2 Å². The zero-order valence-electron chi connectivity index (χ0n) is 14.4. The fraction of sp³-hybridized carbons (Fsp3) is 0.158. The first-order valence-electron chi connectivity index (χ1n) is 7.69. The van der Waals surface area contributed by atoms with Crippen molar-refractivity contribution >= 4 is 9.84 Å². The maximum atomic E-state index is 14.3. The van der Waals surface area contributed by atoms with Crippen LogP contribution in [-0.2, 0) is 9.84 Å². The Hall–Kier alpha value is -2.98. The van der Waals surface area contributed by atoms with Crippen LogP contribution in [0.3, 0.4) is 0 Å². The Morgan fingerprint density at radius 2 is 1.81 bits per heavy atom. The van der Waals surface area contributed by atoms with Gasteiger partial charge in [-0.2, -0.15) is 5.26 Å². The smallest absolute Gasteiger partial charge is 0.178 e. The number of hydrogen-bond acceptors (Lipinski definition) is 5. The number of benzene rings is 2. The molecule has 0 bridgehead atoms. The van der Waals surface area contributed by atoms with Crippen molar-refractivity contribution in [2.24, 2.45) is 0 Å². The van der Waals surface area contributed by atoms with Crippen molar-refractivity contribution in [3.63, 3.8) is 0 Å². The molecule has 5 nitrogen and oxygen atoms in total. The van der Waals surface area contributed by atoms with E-state index in [1.165, 1.54) is 12.1 Å². The van der Waals surface area contributed by atoms with Crippen LogP contribution < -0.4 is 0 Å². The summed E-state index contributed by atoms with van der Waals surface area (Å²) in [5, 5.41) is 13.3. The number of nitriles is 1. The molecule has 1 heterocycles. The standard InChI is InChI=1S/C19H15FN2O3S/c1-11-4-5-14(8-15(11)10-21)19-18(12(2)25-22-19)13-6-7-17(16(20)9-13)26(3,23)24/h4-9H,1-3H3. The van der Waals surface area contributed by atoms with Gasteiger partial charge in [0.25, 0.3) is 0 Å². The van der Waals surface area contributed by atoms with E-state index in [1.807, 2.05) is 6.92 Å². The highest BCUT2D eigenvalue weighted by atomic mass is 32.2. The van der Waals surface area contributed by atoms with Gasteiger partial charge in [0, 0.05) is 11.8 Å². The average Bonchev–Trinajstić information content (AvgIpc) is 2.95. The quantitative estimate of drug-likeness (QED) is 0.695. The summed E-state index contributed by atoms with van der Waals surface area (Å²) >= 11 is 0. The van der Waals surface area contributed by atoms with E-state index in [1.54, 1.807) is 25.1 Å². The van der Waals surface area contributed by atoms with E-state index in [0.29, 0.717) is 33.7 Å². The minimum atomic E-state index is -3.66. The van der Waals surface area contributed by atoms with Gasteiger partial charge in [0.15, 0.2) is 9.84 Å². The number of rotatable bonds is 3. The van der Waals surface area contributed by atoms with Gasteiger partial charge < -0.3 is 4.52 Å².